The Balaban J connectivity index is 1.82. The second kappa shape index (κ2) is 8.63. The standard InChI is InChI=1S/C20H18N4O4/c1-27-15-7-3-13(4-8-15)21-23-17-11-18(20(26)12-19(17)25)24-22-14-5-9-16(28-2)10-6-14/h3-12,25-26H,1-2H3. The number of phenols is 2. The van der Waals surface area contributed by atoms with Gasteiger partial charge in [-0.1, -0.05) is 0 Å². The number of methoxy groups -OCH3 is 2. The first-order chi connectivity index (χ1) is 13.6. The van der Waals surface area contributed by atoms with Crippen molar-refractivity contribution in [1.82, 2.24) is 0 Å². The van der Waals surface area contributed by atoms with Gasteiger partial charge in [0, 0.05) is 12.1 Å². The first-order valence-electron chi connectivity index (χ1n) is 8.26. The lowest BCUT2D eigenvalue weighted by molar-refractivity contribution is 0.414. The van der Waals surface area contributed by atoms with Gasteiger partial charge in [-0.2, -0.15) is 10.2 Å². The molecule has 142 valence electrons. The average molecular weight is 378 g/mol. The fourth-order valence-corrected chi connectivity index (χ4v) is 2.24. The summed E-state index contributed by atoms with van der Waals surface area (Å²) in [5.74, 6) is 0.955. The second-order valence-corrected chi connectivity index (χ2v) is 5.63. The molecule has 0 radical (unpaired) electrons. The average Bonchev–Trinajstić information content (AvgIpc) is 2.73. The van der Waals surface area contributed by atoms with Crippen LogP contribution in [0.5, 0.6) is 23.0 Å². The van der Waals surface area contributed by atoms with Crippen LogP contribution in [0.1, 0.15) is 0 Å². The number of ether oxygens (including phenoxy) is 2. The van der Waals surface area contributed by atoms with Crippen LogP contribution in [0.15, 0.2) is 81.1 Å². The summed E-state index contributed by atoms with van der Waals surface area (Å²) in [5.41, 5.74) is 1.46. The Kier molecular flexibility index (Phi) is 5.81. The first-order valence-corrected chi connectivity index (χ1v) is 8.26. The predicted octanol–water partition coefficient (Wildman–Crippen LogP) is 5.95. The Hall–Kier alpha value is -3.94. The number of rotatable bonds is 6. The zero-order valence-electron chi connectivity index (χ0n) is 15.3. The third-order valence-electron chi connectivity index (χ3n) is 3.76. The third-order valence-corrected chi connectivity index (χ3v) is 3.76. The highest BCUT2D eigenvalue weighted by Gasteiger charge is 2.08. The maximum absolute atomic E-state index is 10.00. The molecule has 8 nitrogen and oxygen atoms in total. The molecule has 0 aromatic heterocycles. The van der Waals surface area contributed by atoms with Crippen molar-refractivity contribution < 1.29 is 19.7 Å². The number of nitrogens with zero attached hydrogens (tertiary/aromatic N) is 4. The minimum Gasteiger partial charge on any atom is -0.505 e. The van der Waals surface area contributed by atoms with E-state index in [4.69, 9.17) is 9.47 Å². The smallest absolute Gasteiger partial charge is 0.146 e. The molecular formula is C20H18N4O4. The molecule has 0 heterocycles. The third kappa shape index (κ3) is 4.61. The molecule has 0 amide bonds. The van der Waals surface area contributed by atoms with Crippen LogP contribution in [0.3, 0.4) is 0 Å². The molecule has 0 aliphatic carbocycles. The second-order valence-electron chi connectivity index (χ2n) is 5.63. The van der Waals surface area contributed by atoms with Gasteiger partial charge in [0.2, 0.25) is 0 Å². The summed E-state index contributed by atoms with van der Waals surface area (Å²) in [4.78, 5) is 0. The van der Waals surface area contributed by atoms with E-state index < -0.39 is 0 Å². The molecule has 0 aliphatic rings. The van der Waals surface area contributed by atoms with Crippen molar-refractivity contribution in [1.29, 1.82) is 0 Å². The molecule has 2 N–H and O–H groups in total. The molecular weight excluding hydrogens is 360 g/mol. The zero-order valence-corrected chi connectivity index (χ0v) is 15.3. The summed E-state index contributed by atoms with van der Waals surface area (Å²) in [6.07, 6.45) is 0. The van der Waals surface area contributed by atoms with Gasteiger partial charge >= 0.3 is 0 Å². The van der Waals surface area contributed by atoms with E-state index >= 15 is 0 Å². The number of aromatic hydroxyl groups is 2. The van der Waals surface area contributed by atoms with E-state index in [2.05, 4.69) is 20.5 Å². The number of benzene rings is 3. The molecule has 0 atom stereocenters. The van der Waals surface area contributed by atoms with Crippen molar-refractivity contribution in [3.63, 3.8) is 0 Å². The van der Waals surface area contributed by atoms with Gasteiger partial charge in [0.15, 0.2) is 0 Å². The number of hydrogen-bond donors (Lipinski definition) is 2. The van der Waals surface area contributed by atoms with E-state index in [1.54, 1.807) is 62.8 Å². The Labute approximate surface area is 161 Å². The van der Waals surface area contributed by atoms with Crippen LogP contribution in [0.2, 0.25) is 0 Å². The van der Waals surface area contributed by atoms with Gasteiger partial charge in [0.1, 0.15) is 34.4 Å². The van der Waals surface area contributed by atoms with Crippen molar-refractivity contribution in [2.24, 2.45) is 20.5 Å². The summed E-state index contributed by atoms with van der Waals surface area (Å²) < 4.78 is 10.2. The Morgan fingerprint density at radius 3 is 1.32 bits per heavy atom. The molecule has 0 fully saturated rings. The van der Waals surface area contributed by atoms with E-state index in [0.29, 0.717) is 22.9 Å². The van der Waals surface area contributed by atoms with Gasteiger partial charge in [0.05, 0.1) is 25.6 Å². The largest absolute Gasteiger partial charge is 0.505 e. The molecule has 3 aromatic rings. The highest BCUT2D eigenvalue weighted by molar-refractivity contribution is 5.65. The number of phenolic OH excluding ortho intramolecular Hbond substituents is 2. The van der Waals surface area contributed by atoms with Crippen LogP contribution in [-0.4, -0.2) is 24.4 Å². The maximum Gasteiger partial charge on any atom is 0.146 e. The summed E-state index contributed by atoms with van der Waals surface area (Å²) in [6, 6.07) is 16.4. The van der Waals surface area contributed by atoms with Gasteiger partial charge in [-0.05, 0) is 48.5 Å². The minimum absolute atomic E-state index is 0.150. The van der Waals surface area contributed by atoms with Gasteiger partial charge < -0.3 is 19.7 Å². The van der Waals surface area contributed by atoms with Crippen molar-refractivity contribution >= 4 is 22.7 Å². The Bertz CT molecular complexity index is 921. The quantitative estimate of drug-likeness (QED) is 0.517. The molecule has 0 bridgehead atoms. The normalized spacial score (nSPS) is 11.2. The van der Waals surface area contributed by atoms with Crippen molar-refractivity contribution in [2.75, 3.05) is 14.2 Å². The zero-order chi connectivity index (χ0) is 19.9. The van der Waals surface area contributed by atoms with Crippen LogP contribution in [0.25, 0.3) is 0 Å². The molecule has 3 aromatic carbocycles. The van der Waals surface area contributed by atoms with Crippen LogP contribution in [0, 0.1) is 0 Å². The van der Waals surface area contributed by atoms with Gasteiger partial charge in [0.25, 0.3) is 0 Å². The topological polar surface area (TPSA) is 108 Å². The van der Waals surface area contributed by atoms with E-state index in [-0.39, 0.29) is 22.9 Å². The van der Waals surface area contributed by atoms with Crippen molar-refractivity contribution in [3.05, 3.63) is 60.7 Å². The van der Waals surface area contributed by atoms with E-state index in [9.17, 15) is 10.2 Å². The van der Waals surface area contributed by atoms with Gasteiger partial charge in [-0.25, -0.2) is 0 Å². The van der Waals surface area contributed by atoms with Crippen LogP contribution >= 0.6 is 0 Å². The molecule has 0 unspecified atom stereocenters. The molecule has 0 aliphatic heterocycles. The molecule has 3 rings (SSSR count). The van der Waals surface area contributed by atoms with Crippen molar-refractivity contribution in [2.45, 2.75) is 0 Å². The molecule has 0 spiro atoms. The van der Waals surface area contributed by atoms with Crippen molar-refractivity contribution in [3.8, 4) is 23.0 Å². The first kappa shape index (κ1) is 18.8. The summed E-state index contributed by atoms with van der Waals surface area (Å²) in [7, 11) is 3.15. The van der Waals surface area contributed by atoms with E-state index in [1.165, 1.54) is 6.07 Å². The Morgan fingerprint density at radius 2 is 0.964 bits per heavy atom. The summed E-state index contributed by atoms with van der Waals surface area (Å²) in [6.45, 7) is 0. The fraction of sp³-hybridized carbons (Fsp3) is 0.100. The lowest BCUT2D eigenvalue weighted by Gasteiger charge is -2.03. The fourth-order valence-electron chi connectivity index (χ4n) is 2.24. The maximum atomic E-state index is 10.00. The highest BCUT2D eigenvalue weighted by Crippen LogP contribution is 2.39. The lowest BCUT2D eigenvalue weighted by atomic mass is 10.2. The molecule has 0 saturated heterocycles. The number of azo groups is 2. The predicted molar refractivity (Wildman–Crippen MR) is 104 cm³/mol. The highest BCUT2D eigenvalue weighted by atomic mass is 16.5. The Morgan fingerprint density at radius 1 is 0.571 bits per heavy atom. The number of hydrogen-bond acceptors (Lipinski definition) is 8. The lowest BCUT2D eigenvalue weighted by Crippen LogP contribution is -1.79. The summed E-state index contributed by atoms with van der Waals surface area (Å²) >= 11 is 0. The van der Waals surface area contributed by atoms with E-state index in [0.717, 1.165) is 6.07 Å². The van der Waals surface area contributed by atoms with Crippen LogP contribution in [0.4, 0.5) is 22.7 Å². The monoisotopic (exact) mass is 378 g/mol. The van der Waals surface area contributed by atoms with Crippen LogP contribution < -0.4 is 9.47 Å². The minimum atomic E-state index is -0.224. The van der Waals surface area contributed by atoms with Gasteiger partial charge in [-0.15, -0.1) is 10.2 Å². The SMILES string of the molecule is COc1ccc(N=Nc2cc(N=Nc3ccc(OC)cc3)c(O)cc2O)cc1. The van der Waals surface area contributed by atoms with E-state index in [1.807, 2.05) is 0 Å². The van der Waals surface area contributed by atoms with Crippen LogP contribution in [-0.2, 0) is 0 Å². The summed E-state index contributed by atoms with van der Waals surface area (Å²) in [5, 5.41) is 36.2. The molecule has 0 saturated carbocycles. The van der Waals surface area contributed by atoms with Gasteiger partial charge in [-0.3, -0.25) is 0 Å². The molecule has 8 heteroatoms. The molecule has 28 heavy (non-hydrogen) atoms.